The Hall–Kier alpha value is -1.97. The Morgan fingerprint density at radius 1 is 1.33 bits per heavy atom. The number of carbonyl (C=O) groups excluding carboxylic acids is 1. The molecule has 1 aromatic carbocycles. The van der Waals surface area contributed by atoms with Crippen molar-refractivity contribution in [3.8, 4) is 5.75 Å². The van der Waals surface area contributed by atoms with E-state index in [2.05, 4.69) is 38.8 Å². The van der Waals surface area contributed by atoms with E-state index in [1.54, 1.807) is 13.2 Å². The van der Waals surface area contributed by atoms with E-state index >= 15 is 0 Å². The van der Waals surface area contributed by atoms with E-state index in [1.807, 2.05) is 13.0 Å². The number of hydrogen-bond acceptors (Lipinski definition) is 7. The summed E-state index contributed by atoms with van der Waals surface area (Å²) in [4.78, 5) is 14.8. The smallest absolute Gasteiger partial charge is 0.234 e. The van der Waals surface area contributed by atoms with Gasteiger partial charge in [0.1, 0.15) is 5.75 Å². The number of anilines is 2. The summed E-state index contributed by atoms with van der Waals surface area (Å²) in [6, 6.07) is 3.51. The largest absolute Gasteiger partial charge is 0.495 e. The standard InChI is InChI=1S/C20H28ClN5O3S/c1-13(2)11-26-19(25-5-7-29-8-6-25)23-24-20(26)30-12-18(27)22-16-9-14(3)15(21)10-17(16)28-4/h9-10,13H,5-8,11-12H2,1-4H3,(H,22,27). The van der Waals surface area contributed by atoms with E-state index in [1.165, 1.54) is 11.8 Å². The minimum Gasteiger partial charge on any atom is -0.495 e. The fourth-order valence-electron chi connectivity index (χ4n) is 3.16. The van der Waals surface area contributed by atoms with Crippen molar-refractivity contribution < 1.29 is 14.3 Å². The highest BCUT2D eigenvalue weighted by Crippen LogP contribution is 2.31. The maximum atomic E-state index is 12.6. The van der Waals surface area contributed by atoms with Crippen LogP contribution in [0.5, 0.6) is 5.75 Å². The molecule has 0 aliphatic carbocycles. The summed E-state index contributed by atoms with van der Waals surface area (Å²) in [5, 5.41) is 13.0. The van der Waals surface area contributed by atoms with Crippen molar-refractivity contribution in [2.24, 2.45) is 5.92 Å². The first-order valence-electron chi connectivity index (χ1n) is 9.91. The number of amides is 1. The zero-order valence-corrected chi connectivity index (χ0v) is 19.3. The van der Waals surface area contributed by atoms with E-state index in [0.717, 1.165) is 36.3 Å². The Kier molecular flexibility index (Phi) is 7.85. The lowest BCUT2D eigenvalue weighted by Gasteiger charge is -2.28. The number of ether oxygens (including phenoxy) is 2. The van der Waals surface area contributed by atoms with Crippen LogP contribution in [0, 0.1) is 12.8 Å². The van der Waals surface area contributed by atoms with Crippen molar-refractivity contribution in [1.82, 2.24) is 14.8 Å². The highest BCUT2D eigenvalue weighted by atomic mass is 35.5. The highest BCUT2D eigenvalue weighted by Gasteiger charge is 2.22. The molecule has 0 saturated carbocycles. The van der Waals surface area contributed by atoms with Gasteiger partial charge in [0.15, 0.2) is 5.16 Å². The van der Waals surface area contributed by atoms with Crippen LogP contribution in [-0.4, -0.2) is 59.8 Å². The maximum Gasteiger partial charge on any atom is 0.234 e. The third kappa shape index (κ3) is 5.59. The second-order valence-corrected chi connectivity index (χ2v) is 8.87. The highest BCUT2D eigenvalue weighted by molar-refractivity contribution is 7.99. The topological polar surface area (TPSA) is 81.5 Å². The number of halogens is 1. The van der Waals surface area contributed by atoms with E-state index in [9.17, 15) is 4.79 Å². The molecule has 1 N–H and O–H groups in total. The predicted octanol–water partition coefficient (Wildman–Crippen LogP) is 3.47. The molecular formula is C20H28ClN5O3S. The first kappa shape index (κ1) is 22.7. The van der Waals surface area contributed by atoms with Crippen LogP contribution in [0.3, 0.4) is 0 Å². The lowest BCUT2D eigenvalue weighted by molar-refractivity contribution is -0.113. The molecule has 164 valence electrons. The van der Waals surface area contributed by atoms with Crippen molar-refractivity contribution in [2.75, 3.05) is 49.4 Å². The van der Waals surface area contributed by atoms with Gasteiger partial charge in [-0.25, -0.2) is 0 Å². The molecule has 1 aromatic heterocycles. The molecule has 30 heavy (non-hydrogen) atoms. The second kappa shape index (κ2) is 10.4. The molecule has 8 nitrogen and oxygen atoms in total. The van der Waals surface area contributed by atoms with Crippen LogP contribution in [0.1, 0.15) is 19.4 Å². The van der Waals surface area contributed by atoms with E-state index < -0.39 is 0 Å². The number of nitrogens with one attached hydrogen (secondary N) is 1. The Morgan fingerprint density at radius 3 is 2.73 bits per heavy atom. The van der Waals surface area contributed by atoms with Crippen LogP contribution in [0.15, 0.2) is 17.3 Å². The third-order valence-electron chi connectivity index (χ3n) is 4.63. The summed E-state index contributed by atoms with van der Waals surface area (Å²) in [6.45, 7) is 9.91. The molecule has 1 fully saturated rings. The van der Waals surface area contributed by atoms with E-state index in [4.69, 9.17) is 21.1 Å². The minimum atomic E-state index is -0.146. The molecule has 0 atom stereocenters. The number of methoxy groups -OCH3 is 1. The molecule has 1 aliphatic heterocycles. The molecule has 0 bridgehead atoms. The lowest BCUT2D eigenvalue weighted by atomic mass is 10.2. The van der Waals surface area contributed by atoms with Gasteiger partial charge in [-0.15, -0.1) is 10.2 Å². The fraction of sp³-hybridized carbons (Fsp3) is 0.550. The van der Waals surface area contributed by atoms with Gasteiger partial charge in [0.25, 0.3) is 0 Å². The van der Waals surface area contributed by atoms with E-state index in [-0.39, 0.29) is 11.7 Å². The number of carbonyl (C=O) groups is 1. The normalized spacial score (nSPS) is 14.3. The summed E-state index contributed by atoms with van der Waals surface area (Å²) in [5.41, 5.74) is 1.47. The van der Waals surface area contributed by atoms with Crippen molar-refractivity contribution in [1.29, 1.82) is 0 Å². The van der Waals surface area contributed by atoms with Crippen molar-refractivity contribution in [3.05, 3.63) is 22.7 Å². The number of benzene rings is 1. The molecule has 1 aliphatic rings. The Labute approximate surface area is 186 Å². The zero-order valence-electron chi connectivity index (χ0n) is 17.8. The number of rotatable bonds is 8. The van der Waals surface area contributed by atoms with Gasteiger partial charge in [0.2, 0.25) is 11.9 Å². The summed E-state index contributed by atoms with van der Waals surface area (Å²) >= 11 is 7.52. The Balaban J connectivity index is 1.70. The maximum absolute atomic E-state index is 12.6. The van der Waals surface area contributed by atoms with E-state index in [0.29, 0.717) is 35.6 Å². The van der Waals surface area contributed by atoms with Crippen molar-refractivity contribution in [3.63, 3.8) is 0 Å². The number of thioether (sulfide) groups is 1. The first-order chi connectivity index (χ1) is 14.4. The third-order valence-corrected chi connectivity index (χ3v) is 6.00. The summed E-state index contributed by atoms with van der Waals surface area (Å²) in [7, 11) is 1.55. The fourth-order valence-corrected chi connectivity index (χ4v) is 4.05. The van der Waals surface area contributed by atoms with Crippen LogP contribution in [0.2, 0.25) is 5.02 Å². The molecule has 2 heterocycles. The van der Waals surface area contributed by atoms with Gasteiger partial charge >= 0.3 is 0 Å². The van der Waals surface area contributed by atoms with Gasteiger partial charge in [-0.05, 0) is 24.5 Å². The van der Waals surface area contributed by atoms with Crippen LogP contribution >= 0.6 is 23.4 Å². The summed E-state index contributed by atoms with van der Waals surface area (Å²) < 4.78 is 12.9. The average Bonchev–Trinajstić information content (AvgIpc) is 3.11. The number of aryl methyl sites for hydroxylation is 1. The predicted molar refractivity (Wildman–Crippen MR) is 120 cm³/mol. The molecule has 0 radical (unpaired) electrons. The SMILES string of the molecule is COc1cc(Cl)c(C)cc1NC(=O)CSc1nnc(N2CCOCC2)n1CC(C)C. The number of hydrogen-bond donors (Lipinski definition) is 1. The van der Waals surface area contributed by atoms with Crippen LogP contribution in [0.4, 0.5) is 11.6 Å². The quantitative estimate of drug-likeness (QED) is 0.613. The van der Waals surface area contributed by atoms with Gasteiger partial charge in [-0.1, -0.05) is 37.2 Å². The Bertz CT molecular complexity index is 884. The number of nitrogens with zero attached hydrogens (tertiary/aromatic N) is 4. The van der Waals surface area contributed by atoms with Gasteiger partial charge in [-0.2, -0.15) is 0 Å². The minimum absolute atomic E-state index is 0.146. The number of morpholine rings is 1. The summed E-state index contributed by atoms with van der Waals surface area (Å²) in [6.07, 6.45) is 0. The van der Waals surface area contributed by atoms with Crippen LogP contribution in [0.25, 0.3) is 0 Å². The number of aromatic nitrogens is 3. The molecule has 1 saturated heterocycles. The van der Waals surface area contributed by atoms with Crippen LogP contribution < -0.4 is 15.0 Å². The van der Waals surface area contributed by atoms with Crippen molar-refractivity contribution in [2.45, 2.75) is 32.5 Å². The summed E-state index contributed by atoms with van der Waals surface area (Å²) in [5.74, 6) is 1.86. The lowest BCUT2D eigenvalue weighted by Crippen LogP contribution is -2.38. The molecule has 3 rings (SSSR count). The molecule has 10 heteroatoms. The molecule has 2 aromatic rings. The molecule has 1 amide bonds. The van der Waals surface area contributed by atoms with Gasteiger partial charge in [0.05, 0.1) is 31.8 Å². The Morgan fingerprint density at radius 2 is 2.07 bits per heavy atom. The average molecular weight is 454 g/mol. The van der Waals surface area contributed by atoms with Gasteiger partial charge in [0, 0.05) is 30.7 Å². The van der Waals surface area contributed by atoms with Gasteiger partial charge in [-0.3, -0.25) is 9.36 Å². The van der Waals surface area contributed by atoms with Gasteiger partial charge < -0.3 is 19.7 Å². The molecule has 0 spiro atoms. The van der Waals surface area contributed by atoms with Crippen LogP contribution in [-0.2, 0) is 16.1 Å². The first-order valence-corrected chi connectivity index (χ1v) is 11.3. The second-order valence-electron chi connectivity index (χ2n) is 7.52. The zero-order chi connectivity index (χ0) is 21.7. The molecule has 0 unspecified atom stereocenters. The van der Waals surface area contributed by atoms with Crippen molar-refractivity contribution >= 4 is 40.9 Å². The molecular weight excluding hydrogens is 426 g/mol. The monoisotopic (exact) mass is 453 g/mol.